The second kappa shape index (κ2) is 8.18. The van der Waals surface area contributed by atoms with Crippen LogP contribution in [0.1, 0.15) is 21.5 Å². The van der Waals surface area contributed by atoms with Gasteiger partial charge in [-0.1, -0.05) is 35.9 Å². The molecule has 1 unspecified atom stereocenters. The van der Waals surface area contributed by atoms with Gasteiger partial charge in [0.15, 0.2) is 0 Å². The Morgan fingerprint density at radius 3 is 2.78 bits per heavy atom. The Morgan fingerprint density at radius 2 is 2.11 bits per heavy atom. The average Bonchev–Trinajstić information content (AvgIpc) is 3.27. The second-order valence-electron chi connectivity index (χ2n) is 6.48. The Morgan fingerprint density at radius 1 is 1.30 bits per heavy atom. The average molecular weight is 383 g/mol. The molecular formula is C20H21N3O3S. The molecule has 1 amide bonds. The fourth-order valence-electron chi connectivity index (χ4n) is 2.93. The fourth-order valence-corrected chi connectivity index (χ4v) is 3.65. The molecular weight excluding hydrogens is 362 g/mol. The van der Waals surface area contributed by atoms with Crippen LogP contribution in [-0.4, -0.2) is 33.3 Å². The van der Waals surface area contributed by atoms with Gasteiger partial charge in [0.05, 0.1) is 16.4 Å². The Labute approximate surface area is 161 Å². The maximum atomic E-state index is 12.7. The molecule has 0 aliphatic carbocycles. The zero-order chi connectivity index (χ0) is 19.4. The second-order valence-corrected chi connectivity index (χ2v) is 7.43. The lowest BCUT2D eigenvalue weighted by molar-refractivity contribution is -0.141. The molecule has 1 atom stereocenters. The third kappa shape index (κ3) is 4.62. The van der Waals surface area contributed by atoms with Gasteiger partial charge in [-0.15, -0.1) is 11.3 Å². The van der Waals surface area contributed by atoms with E-state index in [1.807, 2.05) is 48.7 Å². The first-order valence-corrected chi connectivity index (χ1v) is 9.46. The summed E-state index contributed by atoms with van der Waals surface area (Å²) >= 11 is 1.50. The summed E-state index contributed by atoms with van der Waals surface area (Å²) in [4.78, 5) is 25.2. The molecule has 2 aromatic heterocycles. The number of rotatable bonds is 7. The molecule has 0 saturated carbocycles. The zero-order valence-electron chi connectivity index (χ0n) is 15.2. The number of aliphatic carboxylic acids is 1. The van der Waals surface area contributed by atoms with Crippen LogP contribution < -0.4 is 5.32 Å². The Bertz CT molecular complexity index is 947. The lowest BCUT2D eigenvalue weighted by Crippen LogP contribution is -2.34. The molecule has 0 fully saturated rings. The molecule has 0 bridgehead atoms. The van der Waals surface area contributed by atoms with Gasteiger partial charge in [-0.25, -0.2) is 0 Å². The monoisotopic (exact) mass is 383 g/mol. The number of thiophene rings is 1. The van der Waals surface area contributed by atoms with Crippen molar-refractivity contribution in [2.24, 2.45) is 13.0 Å². The van der Waals surface area contributed by atoms with Crippen LogP contribution in [0.5, 0.6) is 0 Å². The lowest BCUT2D eigenvalue weighted by Gasteiger charge is -2.14. The van der Waals surface area contributed by atoms with E-state index in [-0.39, 0.29) is 12.5 Å². The minimum absolute atomic E-state index is 0.0564. The van der Waals surface area contributed by atoms with Gasteiger partial charge in [0, 0.05) is 19.8 Å². The fraction of sp³-hybridized carbons (Fsp3) is 0.250. The van der Waals surface area contributed by atoms with Crippen LogP contribution in [0.25, 0.3) is 10.6 Å². The highest BCUT2D eigenvalue weighted by molar-refractivity contribution is 7.13. The number of nitrogens with zero attached hydrogens (tertiary/aromatic N) is 2. The molecule has 7 heteroatoms. The zero-order valence-corrected chi connectivity index (χ0v) is 16.0. The first kappa shape index (κ1) is 18.8. The molecule has 0 saturated heterocycles. The first-order chi connectivity index (χ1) is 12.9. The van der Waals surface area contributed by atoms with Gasteiger partial charge in [-0.2, -0.15) is 5.10 Å². The highest BCUT2D eigenvalue weighted by Crippen LogP contribution is 2.26. The Hall–Kier alpha value is -2.93. The standard InChI is InChI=1S/C20H21N3O3S/c1-13-5-3-6-14(9-13)10-15(20(25)26)11-21-19(24)16-12-23(2)22-18(16)17-7-4-8-27-17/h3-9,12,15H,10-11H2,1-2H3,(H,21,24)(H,25,26). The van der Waals surface area contributed by atoms with Crippen molar-refractivity contribution >= 4 is 23.2 Å². The van der Waals surface area contributed by atoms with Crippen molar-refractivity contribution in [2.75, 3.05) is 6.54 Å². The van der Waals surface area contributed by atoms with E-state index in [1.54, 1.807) is 17.9 Å². The van der Waals surface area contributed by atoms with Gasteiger partial charge in [0.2, 0.25) is 0 Å². The van der Waals surface area contributed by atoms with Crippen molar-refractivity contribution in [3.8, 4) is 10.6 Å². The Kier molecular flexibility index (Phi) is 5.71. The van der Waals surface area contributed by atoms with Gasteiger partial charge in [-0.05, 0) is 30.4 Å². The third-order valence-electron chi connectivity index (χ3n) is 4.25. The lowest BCUT2D eigenvalue weighted by atomic mass is 9.98. The predicted octanol–water partition coefficient (Wildman–Crippen LogP) is 3.13. The van der Waals surface area contributed by atoms with Crippen LogP contribution in [0.2, 0.25) is 0 Å². The summed E-state index contributed by atoms with van der Waals surface area (Å²) in [5.41, 5.74) is 3.07. The molecule has 6 nitrogen and oxygen atoms in total. The molecule has 0 aliphatic heterocycles. The van der Waals surface area contributed by atoms with Crippen molar-refractivity contribution in [3.63, 3.8) is 0 Å². The number of hydrogen-bond donors (Lipinski definition) is 2. The summed E-state index contributed by atoms with van der Waals surface area (Å²) in [6.07, 6.45) is 2.02. The van der Waals surface area contributed by atoms with E-state index in [0.717, 1.165) is 16.0 Å². The van der Waals surface area contributed by atoms with Gasteiger partial charge < -0.3 is 10.4 Å². The van der Waals surface area contributed by atoms with Crippen LogP contribution in [0.15, 0.2) is 48.0 Å². The van der Waals surface area contributed by atoms with Crippen molar-refractivity contribution in [1.82, 2.24) is 15.1 Å². The number of carboxylic acids is 1. The number of carboxylic acid groups (broad SMARTS) is 1. The summed E-state index contributed by atoms with van der Waals surface area (Å²) < 4.78 is 1.59. The van der Waals surface area contributed by atoms with Crippen molar-refractivity contribution in [2.45, 2.75) is 13.3 Å². The number of aromatic nitrogens is 2. The number of aryl methyl sites for hydroxylation is 2. The van der Waals surface area contributed by atoms with E-state index >= 15 is 0 Å². The van der Waals surface area contributed by atoms with Crippen LogP contribution in [0.3, 0.4) is 0 Å². The molecule has 2 heterocycles. The molecule has 0 aliphatic rings. The van der Waals surface area contributed by atoms with E-state index < -0.39 is 11.9 Å². The van der Waals surface area contributed by atoms with E-state index in [4.69, 9.17) is 0 Å². The number of carbonyl (C=O) groups is 2. The highest BCUT2D eigenvalue weighted by Gasteiger charge is 2.22. The van der Waals surface area contributed by atoms with Crippen LogP contribution in [-0.2, 0) is 18.3 Å². The van der Waals surface area contributed by atoms with E-state index in [2.05, 4.69) is 10.4 Å². The van der Waals surface area contributed by atoms with Gasteiger partial charge in [0.25, 0.3) is 5.91 Å². The molecule has 2 N–H and O–H groups in total. The van der Waals surface area contributed by atoms with Crippen molar-refractivity contribution in [3.05, 3.63) is 64.7 Å². The Balaban J connectivity index is 1.71. The number of benzene rings is 1. The largest absolute Gasteiger partial charge is 0.481 e. The van der Waals surface area contributed by atoms with Crippen LogP contribution in [0, 0.1) is 12.8 Å². The third-order valence-corrected chi connectivity index (χ3v) is 5.13. The van der Waals surface area contributed by atoms with Crippen LogP contribution in [0.4, 0.5) is 0 Å². The quantitative estimate of drug-likeness (QED) is 0.656. The van der Waals surface area contributed by atoms with Crippen molar-refractivity contribution in [1.29, 1.82) is 0 Å². The topological polar surface area (TPSA) is 84.2 Å². The predicted molar refractivity (Wildman–Crippen MR) is 105 cm³/mol. The molecule has 27 heavy (non-hydrogen) atoms. The van der Waals surface area contributed by atoms with Gasteiger partial charge >= 0.3 is 5.97 Å². The first-order valence-electron chi connectivity index (χ1n) is 8.58. The number of carbonyl (C=O) groups excluding carboxylic acids is 1. The molecule has 3 aromatic rings. The summed E-state index contributed by atoms with van der Waals surface area (Å²) in [5.74, 6) is -1.94. The smallest absolute Gasteiger partial charge is 0.308 e. The van der Waals surface area contributed by atoms with Crippen LogP contribution >= 0.6 is 11.3 Å². The molecule has 0 spiro atoms. The number of amides is 1. The van der Waals surface area contributed by atoms with Gasteiger partial charge in [0.1, 0.15) is 5.69 Å². The highest BCUT2D eigenvalue weighted by atomic mass is 32.1. The summed E-state index contributed by atoms with van der Waals surface area (Å²) in [6, 6.07) is 11.6. The number of nitrogens with one attached hydrogen (secondary N) is 1. The maximum absolute atomic E-state index is 12.7. The minimum Gasteiger partial charge on any atom is -0.481 e. The normalized spacial score (nSPS) is 11.9. The summed E-state index contributed by atoms with van der Waals surface area (Å²) in [5, 5.41) is 18.6. The maximum Gasteiger partial charge on any atom is 0.308 e. The number of hydrogen-bond acceptors (Lipinski definition) is 4. The molecule has 1 aromatic carbocycles. The molecule has 140 valence electrons. The summed E-state index contributed by atoms with van der Waals surface area (Å²) in [7, 11) is 1.76. The molecule has 3 rings (SSSR count). The SMILES string of the molecule is Cc1cccc(CC(CNC(=O)c2cn(C)nc2-c2cccs2)C(=O)O)c1. The molecule has 0 radical (unpaired) electrons. The van der Waals surface area contributed by atoms with E-state index in [0.29, 0.717) is 17.7 Å². The van der Waals surface area contributed by atoms with E-state index in [9.17, 15) is 14.7 Å². The van der Waals surface area contributed by atoms with Gasteiger partial charge in [-0.3, -0.25) is 14.3 Å². The van der Waals surface area contributed by atoms with E-state index in [1.165, 1.54) is 11.3 Å². The summed E-state index contributed by atoms with van der Waals surface area (Å²) in [6.45, 7) is 2.02. The minimum atomic E-state index is -0.929. The van der Waals surface area contributed by atoms with Crippen molar-refractivity contribution < 1.29 is 14.7 Å².